The molecule has 1 unspecified atom stereocenters. The van der Waals surface area contributed by atoms with E-state index in [9.17, 15) is 4.79 Å². The number of hydrogen-bond donors (Lipinski definition) is 0. The highest BCUT2D eigenvalue weighted by molar-refractivity contribution is 6.18. The maximum Gasteiger partial charge on any atom is 0.272 e. The minimum Gasteiger partial charge on any atom is -0.367 e. The molecule has 1 aliphatic heterocycles. The largest absolute Gasteiger partial charge is 0.367 e. The first-order chi connectivity index (χ1) is 9.36. The zero-order valence-corrected chi connectivity index (χ0v) is 13.3. The first-order valence-corrected chi connectivity index (χ1v) is 7.47. The van der Waals surface area contributed by atoms with Crippen molar-refractivity contribution in [2.45, 2.75) is 45.9 Å². The van der Waals surface area contributed by atoms with Gasteiger partial charge in [0.25, 0.3) is 5.91 Å². The number of ether oxygens (including phenoxy) is 1. The van der Waals surface area contributed by atoms with Gasteiger partial charge in [0.1, 0.15) is 5.69 Å². The Labute approximate surface area is 124 Å². The third-order valence-corrected chi connectivity index (χ3v) is 3.71. The lowest BCUT2D eigenvalue weighted by atomic mass is 10.1. The summed E-state index contributed by atoms with van der Waals surface area (Å²) < 4.78 is 7.60. The van der Waals surface area contributed by atoms with Crippen molar-refractivity contribution in [2.75, 3.05) is 19.0 Å². The summed E-state index contributed by atoms with van der Waals surface area (Å²) in [5, 5.41) is 4.33. The maximum atomic E-state index is 12.7. The van der Waals surface area contributed by atoms with Crippen LogP contribution in [0.5, 0.6) is 0 Å². The van der Waals surface area contributed by atoms with Crippen molar-refractivity contribution in [3.63, 3.8) is 0 Å². The number of halogens is 1. The Morgan fingerprint density at radius 3 is 2.90 bits per heavy atom. The van der Waals surface area contributed by atoms with Crippen molar-refractivity contribution in [1.29, 1.82) is 0 Å². The molecule has 112 valence electrons. The highest BCUT2D eigenvalue weighted by atomic mass is 35.5. The Balaban J connectivity index is 2.23. The number of rotatable bonds is 3. The molecule has 0 spiro atoms. The SMILES string of the molecule is CCn1nc(C)cc1C(=O)N1CC(CCl)OC(C)(C)C1. The van der Waals surface area contributed by atoms with E-state index in [1.165, 1.54) is 0 Å². The second-order valence-corrected chi connectivity index (χ2v) is 6.13. The normalized spacial score (nSPS) is 22.1. The van der Waals surface area contributed by atoms with E-state index in [1.807, 2.05) is 38.7 Å². The third-order valence-electron chi connectivity index (χ3n) is 3.36. The monoisotopic (exact) mass is 299 g/mol. The van der Waals surface area contributed by atoms with Crippen LogP contribution in [-0.2, 0) is 11.3 Å². The molecule has 2 rings (SSSR count). The average Bonchev–Trinajstić information content (AvgIpc) is 2.77. The molecule has 1 fully saturated rings. The number of aromatic nitrogens is 2. The first kappa shape index (κ1) is 15.3. The molecule has 1 saturated heterocycles. The minimum absolute atomic E-state index is 0.000980. The fourth-order valence-electron chi connectivity index (χ4n) is 2.65. The van der Waals surface area contributed by atoms with Crippen LogP contribution in [0.1, 0.15) is 37.0 Å². The van der Waals surface area contributed by atoms with Crippen molar-refractivity contribution >= 4 is 17.5 Å². The summed E-state index contributed by atoms with van der Waals surface area (Å²) in [5.74, 6) is 0.387. The van der Waals surface area contributed by atoms with E-state index in [-0.39, 0.29) is 17.6 Å². The van der Waals surface area contributed by atoms with Gasteiger partial charge in [-0.2, -0.15) is 5.10 Å². The van der Waals surface area contributed by atoms with Crippen LogP contribution in [0.4, 0.5) is 0 Å². The second-order valence-electron chi connectivity index (χ2n) is 5.83. The number of carbonyl (C=O) groups is 1. The van der Waals surface area contributed by atoms with Crippen molar-refractivity contribution in [3.8, 4) is 0 Å². The predicted molar refractivity (Wildman–Crippen MR) is 78.2 cm³/mol. The molecule has 1 atom stereocenters. The lowest BCUT2D eigenvalue weighted by Gasteiger charge is -2.42. The average molecular weight is 300 g/mol. The van der Waals surface area contributed by atoms with E-state index < -0.39 is 0 Å². The Morgan fingerprint density at radius 2 is 2.30 bits per heavy atom. The lowest BCUT2D eigenvalue weighted by molar-refractivity contribution is -0.117. The smallest absolute Gasteiger partial charge is 0.272 e. The summed E-state index contributed by atoms with van der Waals surface area (Å²) >= 11 is 5.91. The number of alkyl halides is 1. The Kier molecular flexibility index (Phi) is 4.39. The summed E-state index contributed by atoms with van der Waals surface area (Å²) in [5.41, 5.74) is 1.12. The van der Waals surface area contributed by atoms with Gasteiger partial charge in [-0.05, 0) is 33.8 Å². The van der Waals surface area contributed by atoms with Crippen LogP contribution in [0.2, 0.25) is 0 Å². The second kappa shape index (κ2) is 5.74. The molecule has 20 heavy (non-hydrogen) atoms. The van der Waals surface area contributed by atoms with Gasteiger partial charge in [-0.1, -0.05) is 0 Å². The summed E-state index contributed by atoms with van der Waals surface area (Å²) in [7, 11) is 0. The highest BCUT2D eigenvalue weighted by Gasteiger charge is 2.36. The molecule has 1 aromatic heterocycles. The minimum atomic E-state index is -0.375. The fraction of sp³-hybridized carbons (Fsp3) is 0.714. The standard InChI is InChI=1S/C14H22ClN3O2/c1-5-18-12(6-10(2)16-18)13(19)17-8-11(7-15)20-14(3,4)9-17/h6,11H,5,7-9H2,1-4H3. The van der Waals surface area contributed by atoms with Gasteiger partial charge in [0, 0.05) is 19.6 Å². The van der Waals surface area contributed by atoms with E-state index in [4.69, 9.17) is 16.3 Å². The van der Waals surface area contributed by atoms with Gasteiger partial charge in [0.05, 0.1) is 23.3 Å². The van der Waals surface area contributed by atoms with Gasteiger partial charge in [-0.15, -0.1) is 11.6 Å². The van der Waals surface area contributed by atoms with Crippen molar-refractivity contribution in [2.24, 2.45) is 0 Å². The van der Waals surface area contributed by atoms with Gasteiger partial charge in [0.15, 0.2) is 0 Å². The van der Waals surface area contributed by atoms with Crippen LogP contribution in [0, 0.1) is 6.92 Å². The zero-order chi connectivity index (χ0) is 14.9. The van der Waals surface area contributed by atoms with Gasteiger partial charge in [-0.3, -0.25) is 9.48 Å². The van der Waals surface area contributed by atoms with Crippen molar-refractivity contribution in [3.05, 3.63) is 17.5 Å². The molecule has 5 nitrogen and oxygen atoms in total. The number of amides is 1. The third kappa shape index (κ3) is 3.15. The van der Waals surface area contributed by atoms with Crippen molar-refractivity contribution < 1.29 is 9.53 Å². The molecule has 0 bridgehead atoms. The molecule has 0 aliphatic carbocycles. The summed E-state index contributed by atoms with van der Waals surface area (Å²) in [6, 6.07) is 1.84. The molecule has 0 saturated carbocycles. The van der Waals surface area contributed by atoms with Crippen LogP contribution < -0.4 is 0 Å². The predicted octanol–water partition coefficient (Wildman–Crippen LogP) is 2.07. The molecule has 0 N–H and O–H groups in total. The number of aryl methyl sites for hydroxylation is 2. The van der Waals surface area contributed by atoms with Crippen LogP contribution in [0.3, 0.4) is 0 Å². The molecule has 1 aromatic rings. The van der Waals surface area contributed by atoms with Gasteiger partial charge >= 0.3 is 0 Å². The molecule has 1 aliphatic rings. The van der Waals surface area contributed by atoms with E-state index in [0.717, 1.165) is 5.69 Å². The van der Waals surface area contributed by atoms with E-state index in [0.29, 0.717) is 31.2 Å². The van der Waals surface area contributed by atoms with E-state index >= 15 is 0 Å². The molecular weight excluding hydrogens is 278 g/mol. The topological polar surface area (TPSA) is 47.4 Å². The Bertz CT molecular complexity index is 499. The Morgan fingerprint density at radius 1 is 1.60 bits per heavy atom. The summed E-state index contributed by atoms with van der Waals surface area (Å²) in [6.45, 7) is 9.61. The molecule has 2 heterocycles. The number of morpholine rings is 1. The zero-order valence-electron chi connectivity index (χ0n) is 12.5. The van der Waals surface area contributed by atoms with Crippen molar-refractivity contribution in [1.82, 2.24) is 14.7 Å². The molecular formula is C14H22ClN3O2. The van der Waals surface area contributed by atoms with Gasteiger partial charge in [-0.25, -0.2) is 0 Å². The maximum absolute atomic E-state index is 12.7. The summed E-state index contributed by atoms with van der Waals surface area (Å²) in [4.78, 5) is 14.5. The van der Waals surface area contributed by atoms with Crippen LogP contribution >= 0.6 is 11.6 Å². The first-order valence-electron chi connectivity index (χ1n) is 6.94. The summed E-state index contributed by atoms with van der Waals surface area (Å²) in [6.07, 6.45) is -0.122. The van der Waals surface area contributed by atoms with Gasteiger partial charge in [0.2, 0.25) is 0 Å². The molecule has 6 heteroatoms. The van der Waals surface area contributed by atoms with Crippen LogP contribution in [0.25, 0.3) is 0 Å². The van der Waals surface area contributed by atoms with E-state index in [1.54, 1.807) is 4.68 Å². The number of carbonyl (C=O) groups excluding carboxylic acids is 1. The van der Waals surface area contributed by atoms with Crippen LogP contribution in [-0.4, -0.2) is 51.3 Å². The van der Waals surface area contributed by atoms with Gasteiger partial charge < -0.3 is 9.64 Å². The highest BCUT2D eigenvalue weighted by Crippen LogP contribution is 2.23. The molecule has 1 amide bonds. The quantitative estimate of drug-likeness (QED) is 0.803. The number of nitrogens with zero attached hydrogens (tertiary/aromatic N) is 3. The lowest BCUT2D eigenvalue weighted by Crippen LogP contribution is -2.55. The molecule has 0 aromatic carbocycles. The van der Waals surface area contributed by atoms with E-state index in [2.05, 4.69) is 5.10 Å². The Hall–Kier alpha value is -1.07. The molecule has 0 radical (unpaired) electrons. The number of hydrogen-bond acceptors (Lipinski definition) is 3. The fourth-order valence-corrected chi connectivity index (χ4v) is 2.81. The van der Waals surface area contributed by atoms with Crippen LogP contribution in [0.15, 0.2) is 6.07 Å².